The Bertz CT molecular complexity index is 1100. The Kier molecular flexibility index (Phi) is 5.52. The van der Waals surface area contributed by atoms with Crippen LogP contribution in [-0.4, -0.2) is 27.3 Å². The lowest BCUT2D eigenvalue weighted by Gasteiger charge is -2.28. The Labute approximate surface area is 175 Å². The van der Waals surface area contributed by atoms with Gasteiger partial charge in [-0.2, -0.15) is 10.1 Å². The summed E-state index contributed by atoms with van der Waals surface area (Å²) in [5.74, 6) is 0.925. The molecule has 1 atom stereocenters. The van der Waals surface area contributed by atoms with Crippen LogP contribution in [0.5, 0.6) is 5.75 Å². The molecule has 0 radical (unpaired) electrons. The molecule has 0 saturated heterocycles. The van der Waals surface area contributed by atoms with E-state index >= 15 is 0 Å². The van der Waals surface area contributed by atoms with Crippen LogP contribution in [0.25, 0.3) is 0 Å². The van der Waals surface area contributed by atoms with Crippen molar-refractivity contribution in [2.75, 3.05) is 11.9 Å². The van der Waals surface area contributed by atoms with Crippen molar-refractivity contribution in [3.8, 4) is 5.75 Å². The third-order valence-electron chi connectivity index (χ3n) is 5.12. The van der Waals surface area contributed by atoms with Gasteiger partial charge >= 0.3 is 5.97 Å². The van der Waals surface area contributed by atoms with Crippen LogP contribution in [0.15, 0.2) is 66.1 Å². The molecule has 1 aliphatic heterocycles. The predicted molar refractivity (Wildman–Crippen MR) is 113 cm³/mol. The summed E-state index contributed by atoms with van der Waals surface area (Å²) >= 11 is 0. The number of hydrogen-bond acceptors (Lipinski definition) is 6. The van der Waals surface area contributed by atoms with Gasteiger partial charge in [-0.25, -0.2) is 9.48 Å². The summed E-state index contributed by atoms with van der Waals surface area (Å²) < 4.78 is 13.1. The van der Waals surface area contributed by atoms with Gasteiger partial charge in [-0.1, -0.05) is 36.4 Å². The first kappa shape index (κ1) is 19.7. The maximum atomic E-state index is 12.7. The minimum Gasteiger partial charge on any atom is -0.489 e. The molecule has 0 fully saturated rings. The number of allylic oxidation sites excluding steroid dienone is 1. The fraction of sp³-hybridized carbons (Fsp3) is 0.261. The maximum absolute atomic E-state index is 12.7. The average Bonchev–Trinajstić information content (AvgIpc) is 3.20. The van der Waals surface area contributed by atoms with Gasteiger partial charge in [0.1, 0.15) is 24.7 Å². The summed E-state index contributed by atoms with van der Waals surface area (Å²) in [5.41, 5.74) is 4.39. The van der Waals surface area contributed by atoms with Crippen LogP contribution in [0.3, 0.4) is 0 Å². The topological polar surface area (TPSA) is 78.3 Å². The molecule has 1 aliphatic rings. The molecule has 7 nitrogen and oxygen atoms in total. The van der Waals surface area contributed by atoms with Gasteiger partial charge in [0.05, 0.1) is 12.2 Å². The zero-order chi connectivity index (χ0) is 21.1. The molecule has 0 bridgehead atoms. The Hall–Kier alpha value is -3.61. The highest BCUT2D eigenvalue weighted by molar-refractivity contribution is 5.92. The van der Waals surface area contributed by atoms with Crippen molar-refractivity contribution < 1.29 is 14.3 Å². The molecule has 3 aromatic rings. The molecule has 2 aromatic carbocycles. The quantitative estimate of drug-likeness (QED) is 0.625. The van der Waals surface area contributed by atoms with Gasteiger partial charge in [-0.15, -0.1) is 0 Å². The standard InChI is InChI=1S/C23H24N4O3/c1-4-29-22(28)20-16(3)26-23-24-14-25-27(23)21(20)17-10-7-11-19(12-17)30-13-18-9-6-5-8-15(18)2/h5-12,14,21H,4,13H2,1-3H3,(H,24,25,26). The van der Waals surface area contributed by atoms with Gasteiger partial charge in [0.15, 0.2) is 0 Å². The van der Waals surface area contributed by atoms with E-state index < -0.39 is 6.04 Å². The summed E-state index contributed by atoms with van der Waals surface area (Å²) in [4.78, 5) is 17.0. The number of aromatic nitrogens is 3. The van der Waals surface area contributed by atoms with E-state index in [9.17, 15) is 4.79 Å². The van der Waals surface area contributed by atoms with Crippen LogP contribution < -0.4 is 10.1 Å². The molecule has 1 aromatic heterocycles. The number of nitrogens with one attached hydrogen (secondary N) is 1. The number of carbonyl (C=O) groups is 1. The highest BCUT2D eigenvalue weighted by Gasteiger charge is 2.34. The van der Waals surface area contributed by atoms with E-state index in [-0.39, 0.29) is 5.97 Å². The summed E-state index contributed by atoms with van der Waals surface area (Å²) in [5, 5.41) is 7.47. The SMILES string of the molecule is CCOC(=O)C1=C(C)Nc2ncnn2C1c1cccc(OCc2ccccc2C)c1. The molecule has 0 amide bonds. The predicted octanol–water partition coefficient (Wildman–Crippen LogP) is 4.02. The zero-order valence-electron chi connectivity index (χ0n) is 17.3. The van der Waals surface area contributed by atoms with E-state index in [0.29, 0.717) is 30.4 Å². The summed E-state index contributed by atoms with van der Waals surface area (Å²) in [6.45, 7) is 6.47. The second kappa shape index (κ2) is 8.41. The number of nitrogens with zero attached hydrogens (tertiary/aromatic N) is 3. The van der Waals surface area contributed by atoms with Crippen LogP contribution in [0.4, 0.5) is 5.95 Å². The molecule has 4 rings (SSSR count). The first-order valence-electron chi connectivity index (χ1n) is 9.90. The van der Waals surface area contributed by atoms with E-state index in [4.69, 9.17) is 9.47 Å². The Morgan fingerprint density at radius 3 is 2.80 bits per heavy atom. The largest absolute Gasteiger partial charge is 0.489 e. The summed E-state index contributed by atoms with van der Waals surface area (Å²) in [7, 11) is 0. The van der Waals surface area contributed by atoms with Crippen molar-refractivity contribution in [2.24, 2.45) is 0 Å². The first-order chi connectivity index (χ1) is 14.6. The number of ether oxygens (including phenoxy) is 2. The fourth-order valence-corrected chi connectivity index (χ4v) is 3.58. The van der Waals surface area contributed by atoms with Gasteiger partial charge in [0.2, 0.25) is 5.95 Å². The lowest BCUT2D eigenvalue weighted by Crippen LogP contribution is -2.29. The number of fused-ring (bicyclic) bond motifs is 1. The molecule has 1 unspecified atom stereocenters. The molecule has 1 N–H and O–H groups in total. The number of aryl methyl sites for hydroxylation is 1. The number of carbonyl (C=O) groups excluding carboxylic acids is 1. The highest BCUT2D eigenvalue weighted by Crippen LogP contribution is 2.36. The first-order valence-corrected chi connectivity index (χ1v) is 9.90. The zero-order valence-corrected chi connectivity index (χ0v) is 17.3. The van der Waals surface area contributed by atoms with Crippen molar-refractivity contribution in [1.29, 1.82) is 0 Å². The number of esters is 1. The van der Waals surface area contributed by atoms with Crippen LogP contribution in [0.2, 0.25) is 0 Å². The minimum atomic E-state index is -0.454. The van der Waals surface area contributed by atoms with Crippen LogP contribution >= 0.6 is 0 Å². The molecule has 30 heavy (non-hydrogen) atoms. The molecule has 0 saturated carbocycles. The van der Waals surface area contributed by atoms with E-state index in [1.54, 1.807) is 11.6 Å². The number of hydrogen-bond donors (Lipinski definition) is 1. The molecule has 2 heterocycles. The Balaban J connectivity index is 1.67. The summed E-state index contributed by atoms with van der Waals surface area (Å²) in [6.07, 6.45) is 1.47. The van der Waals surface area contributed by atoms with Crippen molar-refractivity contribution in [3.63, 3.8) is 0 Å². The van der Waals surface area contributed by atoms with Crippen molar-refractivity contribution in [2.45, 2.75) is 33.4 Å². The van der Waals surface area contributed by atoms with Crippen LogP contribution in [0.1, 0.15) is 36.6 Å². The molecule has 154 valence electrons. The number of rotatable bonds is 6. The third-order valence-corrected chi connectivity index (χ3v) is 5.12. The maximum Gasteiger partial charge on any atom is 0.338 e. The molecular weight excluding hydrogens is 380 g/mol. The Morgan fingerprint density at radius 1 is 1.17 bits per heavy atom. The van der Waals surface area contributed by atoms with Gasteiger partial charge in [-0.05, 0) is 49.6 Å². The van der Waals surface area contributed by atoms with E-state index in [0.717, 1.165) is 16.9 Å². The lowest BCUT2D eigenvalue weighted by atomic mass is 9.95. The van der Waals surface area contributed by atoms with Crippen LogP contribution in [-0.2, 0) is 16.1 Å². The molecule has 0 aliphatic carbocycles. The van der Waals surface area contributed by atoms with Gasteiger partial charge in [0.25, 0.3) is 0 Å². The van der Waals surface area contributed by atoms with Gasteiger partial charge in [0, 0.05) is 5.70 Å². The van der Waals surface area contributed by atoms with E-state index in [1.165, 1.54) is 11.9 Å². The van der Waals surface area contributed by atoms with Crippen LogP contribution in [0, 0.1) is 6.92 Å². The highest BCUT2D eigenvalue weighted by atomic mass is 16.5. The monoisotopic (exact) mass is 404 g/mol. The van der Waals surface area contributed by atoms with Gasteiger partial charge in [-0.3, -0.25) is 0 Å². The minimum absolute atomic E-state index is 0.298. The Morgan fingerprint density at radius 2 is 2.00 bits per heavy atom. The van der Waals surface area contributed by atoms with Crippen molar-refractivity contribution >= 4 is 11.9 Å². The fourth-order valence-electron chi connectivity index (χ4n) is 3.58. The lowest BCUT2D eigenvalue weighted by molar-refractivity contribution is -0.139. The molecule has 0 spiro atoms. The average molecular weight is 404 g/mol. The number of anilines is 1. The van der Waals surface area contributed by atoms with Crippen molar-refractivity contribution in [1.82, 2.24) is 14.8 Å². The van der Waals surface area contributed by atoms with E-state index in [2.05, 4.69) is 34.5 Å². The summed E-state index contributed by atoms with van der Waals surface area (Å²) in [6, 6.07) is 15.4. The molecule has 7 heteroatoms. The third kappa shape index (κ3) is 3.78. The smallest absolute Gasteiger partial charge is 0.338 e. The second-order valence-electron chi connectivity index (χ2n) is 7.10. The normalized spacial score (nSPS) is 15.4. The number of benzene rings is 2. The van der Waals surface area contributed by atoms with E-state index in [1.807, 2.05) is 43.3 Å². The molecular formula is C23H24N4O3. The van der Waals surface area contributed by atoms with Crippen molar-refractivity contribution in [3.05, 3.63) is 82.8 Å². The second-order valence-corrected chi connectivity index (χ2v) is 7.10. The van der Waals surface area contributed by atoms with Gasteiger partial charge < -0.3 is 14.8 Å².